The molecule has 0 aromatic heterocycles. The molecule has 1 fully saturated rings. The number of hydrogen-bond donors (Lipinski definition) is 0. The van der Waals surface area contributed by atoms with Crippen molar-refractivity contribution in [3.05, 3.63) is 0 Å². The molecule has 1 saturated heterocycles. The second-order valence-corrected chi connectivity index (χ2v) is 31.1. The molecule has 0 N–H and O–H groups in total. The molecule has 0 unspecified atom stereocenters. The molecule has 1 aliphatic rings. The number of hydrogen-bond acceptors (Lipinski definition) is 0. The van der Waals surface area contributed by atoms with Crippen LogP contribution in [0, 0.1) is 52.8 Å². The van der Waals surface area contributed by atoms with Gasteiger partial charge in [0.05, 0.1) is 0 Å². The van der Waals surface area contributed by atoms with Gasteiger partial charge in [-0.25, -0.2) is 0 Å². The van der Waals surface area contributed by atoms with Crippen LogP contribution in [0.4, 0.5) is 0 Å². The fraction of sp³-hybridized carbons (Fsp3) is 1.00. The zero-order valence-corrected chi connectivity index (χ0v) is 31.1. The third-order valence-electron chi connectivity index (χ3n) is 9.72. The van der Waals surface area contributed by atoms with Crippen LogP contribution < -0.4 is 0 Å². The first-order valence-electron chi connectivity index (χ1n) is 16.3. The second kappa shape index (κ2) is 13.4. The molecule has 0 spiro atoms. The Morgan fingerprint density at radius 2 is 0.556 bits per heavy atom. The van der Waals surface area contributed by atoms with Crippen LogP contribution in [0.5, 0.6) is 0 Å². The van der Waals surface area contributed by atoms with Crippen molar-refractivity contribution < 1.29 is 0 Å². The van der Waals surface area contributed by atoms with Crippen LogP contribution in [-0.2, 0) is 0 Å². The summed E-state index contributed by atoms with van der Waals surface area (Å²) in [6, 6.07) is 0. The molecular formula is C35H72Sn. The molecule has 1 rings (SSSR count). The summed E-state index contributed by atoms with van der Waals surface area (Å²) >= 11 is -2.86. The summed E-state index contributed by atoms with van der Waals surface area (Å²) in [7, 11) is 0. The Morgan fingerprint density at radius 3 is 0.722 bits per heavy atom. The minimum atomic E-state index is -2.86. The average molecular weight is 612 g/mol. The molecule has 0 aromatic carbocycles. The molecule has 0 aliphatic carbocycles. The van der Waals surface area contributed by atoms with Crippen LogP contribution in [-0.4, -0.2) is 18.4 Å². The van der Waals surface area contributed by atoms with Gasteiger partial charge in [-0.05, 0) is 0 Å². The van der Waals surface area contributed by atoms with Gasteiger partial charge >= 0.3 is 236 Å². The van der Waals surface area contributed by atoms with Crippen molar-refractivity contribution in [1.82, 2.24) is 0 Å². The van der Waals surface area contributed by atoms with E-state index >= 15 is 0 Å². The van der Waals surface area contributed by atoms with E-state index < -0.39 is 18.4 Å². The van der Waals surface area contributed by atoms with Crippen LogP contribution in [0.3, 0.4) is 0 Å². The van der Waals surface area contributed by atoms with E-state index in [-0.39, 0.29) is 0 Å². The van der Waals surface area contributed by atoms with Gasteiger partial charge in [0.25, 0.3) is 0 Å². The molecule has 36 heavy (non-hydrogen) atoms. The molecule has 0 saturated carbocycles. The summed E-state index contributed by atoms with van der Waals surface area (Å²) < 4.78 is 4.53. The predicted octanol–water partition coefficient (Wildman–Crippen LogP) is 12.5. The molecule has 0 amide bonds. The zero-order chi connectivity index (χ0) is 28.3. The van der Waals surface area contributed by atoms with Crippen molar-refractivity contribution in [3.63, 3.8) is 0 Å². The summed E-state index contributed by atoms with van der Waals surface area (Å²) in [5.41, 5.74) is 0.519. The average Bonchev–Trinajstić information content (AvgIpc) is 2.61. The summed E-state index contributed by atoms with van der Waals surface area (Å²) in [4.78, 5) is 0. The molecular weight excluding hydrogens is 539 g/mol. The summed E-state index contributed by atoms with van der Waals surface area (Å²) in [6.45, 7) is 41.2. The van der Waals surface area contributed by atoms with Gasteiger partial charge in [0, 0.05) is 0 Å². The van der Waals surface area contributed by atoms with Crippen molar-refractivity contribution in [2.75, 3.05) is 0 Å². The third kappa shape index (κ3) is 6.74. The summed E-state index contributed by atoms with van der Waals surface area (Å²) in [6.07, 6.45) is 8.99. The zero-order valence-electron chi connectivity index (χ0n) is 28.3. The topological polar surface area (TPSA) is 0 Å². The van der Waals surface area contributed by atoms with Crippen molar-refractivity contribution >= 4 is 18.4 Å². The van der Waals surface area contributed by atoms with Crippen molar-refractivity contribution in [2.24, 2.45) is 52.8 Å². The van der Waals surface area contributed by atoms with Gasteiger partial charge in [-0.1, -0.05) is 0 Å². The summed E-state index contributed by atoms with van der Waals surface area (Å²) in [5.74, 6) is 6.44. The fourth-order valence-corrected chi connectivity index (χ4v) is 42.7. The van der Waals surface area contributed by atoms with Crippen molar-refractivity contribution in [1.29, 1.82) is 0 Å². The third-order valence-corrected chi connectivity index (χ3v) is 33.9. The first kappa shape index (κ1) is 34.8. The molecule has 0 atom stereocenters. The molecule has 0 nitrogen and oxygen atoms in total. The van der Waals surface area contributed by atoms with E-state index in [0.29, 0.717) is 12.3 Å². The Morgan fingerprint density at radius 1 is 0.333 bits per heavy atom. The van der Waals surface area contributed by atoms with Crippen molar-refractivity contribution in [3.8, 4) is 0 Å². The monoisotopic (exact) mass is 612 g/mol. The van der Waals surface area contributed by atoms with Gasteiger partial charge < -0.3 is 0 Å². The molecule has 1 heteroatoms. The van der Waals surface area contributed by atoms with Gasteiger partial charge in [0.2, 0.25) is 0 Å². The standard InChI is InChI=1S/C27H54.2C4H9.Sn/c1-19(2)13-25(14-20(3)4)27(17-23(9)10,18-24(11)12)26(15-21(5)6)16-22(7)8;2*1-4(2)3;/h19-24H,13-18H2,1-12H3;2*4H,1H2,2-3H3;. The van der Waals surface area contributed by atoms with E-state index in [9.17, 15) is 0 Å². The Balaban J connectivity index is 4.39. The fourth-order valence-electron chi connectivity index (χ4n) is 10.8. The van der Waals surface area contributed by atoms with Crippen LogP contribution >= 0.6 is 0 Å². The van der Waals surface area contributed by atoms with Crippen LogP contribution in [0.25, 0.3) is 0 Å². The van der Waals surface area contributed by atoms with E-state index in [1.165, 1.54) is 38.5 Å². The molecule has 1 aliphatic heterocycles. The van der Waals surface area contributed by atoms with Crippen LogP contribution in [0.15, 0.2) is 0 Å². The maximum atomic E-state index is 2.59. The first-order chi connectivity index (χ1) is 16.3. The second-order valence-electron chi connectivity index (χ2n) is 17.1. The van der Waals surface area contributed by atoms with Crippen molar-refractivity contribution in [2.45, 2.75) is 165 Å². The Hall–Kier alpha value is 0.799. The molecule has 216 valence electrons. The van der Waals surface area contributed by atoms with Gasteiger partial charge in [0.15, 0.2) is 0 Å². The van der Waals surface area contributed by atoms with Gasteiger partial charge in [-0.3, -0.25) is 0 Å². The SMILES string of the molecule is CC(C)CC1(CC(C)C)[C](CC(C)C)(CC(C)C)[Sn]([CH2]C(C)C)([CH2]C(C)C)[C]1(CC(C)C)CC(C)C. The van der Waals surface area contributed by atoms with E-state index in [0.717, 1.165) is 47.3 Å². The van der Waals surface area contributed by atoms with E-state index in [1.54, 1.807) is 8.87 Å². The Bertz CT molecular complexity index is 465. The van der Waals surface area contributed by atoms with Crippen LogP contribution in [0.1, 0.15) is 149 Å². The van der Waals surface area contributed by atoms with Crippen LogP contribution in [0.2, 0.25) is 15.7 Å². The minimum absolute atomic E-state index is 0.519. The molecule has 1 heterocycles. The maximum absolute atomic E-state index is 2.86. The molecule has 0 bridgehead atoms. The quantitative estimate of drug-likeness (QED) is 0.152. The predicted molar refractivity (Wildman–Crippen MR) is 170 cm³/mol. The Labute approximate surface area is 235 Å². The van der Waals surface area contributed by atoms with E-state index in [4.69, 9.17) is 0 Å². The van der Waals surface area contributed by atoms with Gasteiger partial charge in [0.1, 0.15) is 0 Å². The first-order valence-corrected chi connectivity index (χ1v) is 23.2. The Kier molecular flexibility index (Phi) is 13.0. The molecule has 0 aromatic rings. The van der Waals surface area contributed by atoms with Gasteiger partial charge in [-0.15, -0.1) is 0 Å². The van der Waals surface area contributed by atoms with E-state index in [2.05, 4.69) is 111 Å². The molecule has 0 radical (unpaired) electrons. The number of rotatable bonds is 16. The normalized spacial score (nSPS) is 20.7. The van der Waals surface area contributed by atoms with Gasteiger partial charge in [-0.2, -0.15) is 0 Å². The summed E-state index contributed by atoms with van der Waals surface area (Å²) in [5, 5.41) is 0. The van der Waals surface area contributed by atoms with E-state index in [1.807, 2.05) is 0 Å².